The summed E-state index contributed by atoms with van der Waals surface area (Å²) in [6.07, 6.45) is 3.41. The van der Waals surface area contributed by atoms with Crippen LogP contribution in [0.4, 0.5) is 0 Å². The molecule has 1 aliphatic rings. The number of rotatable bonds is 6. The van der Waals surface area contributed by atoms with Crippen LogP contribution in [0.25, 0.3) is 27.7 Å². The van der Waals surface area contributed by atoms with Crippen LogP contribution in [0.3, 0.4) is 0 Å². The number of nitrogens with one attached hydrogen (secondary N) is 1. The van der Waals surface area contributed by atoms with Gasteiger partial charge in [-0.15, -0.1) is 0 Å². The molecule has 1 aliphatic carbocycles. The van der Waals surface area contributed by atoms with Crippen molar-refractivity contribution in [3.05, 3.63) is 75.6 Å². The minimum Gasteiger partial charge on any atom is -0.398 e. The van der Waals surface area contributed by atoms with Crippen LogP contribution in [0.5, 0.6) is 0 Å². The van der Waals surface area contributed by atoms with Crippen LogP contribution in [0.2, 0.25) is 0 Å². The fourth-order valence-corrected chi connectivity index (χ4v) is 4.10. The van der Waals surface area contributed by atoms with E-state index in [-0.39, 0.29) is 11.3 Å². The number of nitrogens with two attached hydrogens (primary N) is 1. The van der Waals surface area contributed by atoms with E-state index in [4.69, 9.17) is 11.1 Å². The molecule has 2 aromatic carbocycles. The molecule has 1 heterocycles. The van der Waals surface area contributed by atoms with Crippen LogP contribution in [-0.2, 0) is 6.54 Å². The first-order valence-electron chi connectivity index (χ1n) is 9.90. The summed E-state index contributed by atoms with van der Waals surface area (Å²) in [5.74, 6) is -0.0706. The van der Waals surface area contributed by atoms with Crippen LogP contribution in [0.1, 0.15) is 27.9 Å². The van der Waals surface area contributed by atoms with E-state index in [1.54, 1.807) is 22.8 Å². The summed E-state index contributed by atoms with van der Waals surface area (Å²) >= 11 is 0. The summed E-state index contributed by atoms with van der Waals surface area (Å²) in [6, 6.07) is 12.7. The van der Waals surface area contributed by atoms with Crippen molar-refractivity contribution in [2.75, 3.05) is 20.6 Å². The number of aromatic nitrogens is 1. The first kappa shape index (κ1) is 19.8. The zero-order valence-electron chi connectivity index (χ0n) is 17.1. The highest BCUT2D eigenvalue weighted by Gasteiger charge is 2.32. The lowest BCUT2D eigenvalue weighted by Crippen LogP contribution is -2.25. The molecule has 3 aromatic rings. The lowest BCUT2D eigenvalue weighted by atomic mass is 9.99. The van der Waals surface area contributed by atoms with Crippen molar-refractivity contribution in [3.63, 3.8) is 0 Å². The summed E-state index contributed by atoms with van der Waals surface area (Å²) in [7, 11) is 4.00. The molecular formula is C24H24N4O2. The topological polar surface area (TPSA) is 92.2 Å². The molecule has 0 bridgehead atoms. The maximum atomic E-state index is 13.4. The van der Waals surface area contributed by atoms with Gasteiger partial charge in [-0.05, 0) is 50.8 Å². The van der Waals surface area contributed by atoms with Gasteiger partial charge in [0.15, 0.2) is 5.78 Å². The Morgan fingerprint density at radius 3 is 2.53 bits per heavy atom. The van der Waals surface area contributed by atoms with Crippen molar-refractivity contribution in [1.29, 1.82) is 5.41 Å². The molecule has 6 nitrogen and oxygen atoms in total. The van der Waals surface area contributed by atoms with E-state index in [1.807, 2.05) is 38.4 Å². The van der Waals surface area contributed by atoms with Crippen LogP contribution < -0.4 is 11.3 Å². The van der Waals surface area contributed by atoms with Gasteiger partial charge in [0.2, 0.25) is 0 Å². The van der Waals surface area contributed by atoms with Crippen molar-refractivity contribution in [2.24, 2.45) is 5.73 Å². The van der Waals surface area contributed by atoms with Crippen molar-refractivity contribution in [2.45, 2.75) is 13.0 Å². The van der Waals surface area contributed by atoms with E-state index >= 15 is 0 Å². The molecule has 0 saturated heterocycles. The molecule has 3 N–H and O–H groups in total. The summed E-state index contributed by atoms with van der Waals surface area (Å²) in [5, 5.41) is 8.37. The zero-order valence-corrected chi connectivity index (χ0v) is 17.1. The molecule has 30 heavy (non-hydrogen) atoms. The number of fused-ring (bicyclic) bond motifs is 5. The number of carbonyl (C=O) groups is 1. The second-order valence-electron chi connectivity index (χ2n) is 7.76. The number of nitrogens with zero attached hydrogens (tertiary/aromatic N) is 2. The largest absolute Gasteiger partial charge is 0.398 e. The van der Waals surface area contributed by atoms with Gasteiger partial charge in [-0.3, -0.25) is 9.59 Å². The van der Waals surface area contributed by atoms with Crippen LogP contribution in [-0.4, -0.2) is 42.1 Å². The minimum atomic E-state index is -0.104. The van der Waals surface area contributed by atoms with E-state index in [2.05, 4.69) is 4.90 Å². The predicted molar refractivity (Wildman–Crippen MR) is 121 cm³/mol. The maximum Gasteiger partial charge on any atom is 0.258 e. The molecule has 0 atom stereocenters. The van der Waals surface area contributed by atoms with E-state index in [0.717, 1.165) is 24.7 Å². The Labute approximate surface area is 174 Å². The fourth-order valence-electron chi connectivity index (χ4n) is 4.10. The minimum absolute atomic E-state index is 0.0706. The summed E-state index contributed by atoms with van der Waals surface area (Å²) in [5.41, 5.74) is 9.72. The quantitative estimate of drug-likeness (QED) is 0.487. The van der Waals surface area contributed by atoms with Gasteiger partial charge in [0.25, 0.3) is 5.56 Å². The van der Waals surface area contributed by atoms with Crippen molar-refractivity contribution in [1.82, 2.24) is 9.47 Å². The Kier molecular flexibility index (Phi) is 5.10. The third-order valence-electron chi connectivity index (χ3n) is 5.51. The predicted octanol–water partition coefficient (Wildman–Crippen LogP) is 3.11. The molecule has 0 saturated carbocycles. The Balaban J connectivity index is 2.02. The summed E-state index contributed by atoms with van der Waals surface area (Å²) < 4.78 is 1.75. The van der Waals surface area contributed by atoms with Gasteiger partial charge in [0.1, 0.15) is 0 Å². The van der Waals surface area contributed by atoms with E-state index in [1.165, 1.54) is 6.08 Å². The molecule has 6 heteroatoms. The molecule has 0 amide bonds. The smallest absolute Gasteiger partial charge is 0.258 e. The number of hydrogen-bond donors (Lipinski definition) is 2. The highest BCUT2D eigenvalue weighted by atomic mass is 16.1. The molecule has 0 fully saturated rings. The Morgan fingerprint density at radius 2 is 1.83 bits per heavy atom. The normalized spacial score (nSPS) is 13.0. The molecule has 152 valence electrons. The first-order valence-corrected chi connectivity index (χ1v) is 9.90. The molecule has 1 aromatic heterocycles. The number of benzene rings is 2. The van der Waals surface area contributed by atoms with Gasteiger partial charge < -0.3 is 20.6 Å². The SMILES string of the molecule is CN(C)CCCn1c2c(c3cc(/C(N)=C/C=N)ccc3c1=O)C(=O)c1ccccc1-2. The van der Waals surface area contributed by atoms with Gasteiger partial charge in [-0.1, -0.05) is 30.3 Å². The molecule has 4 rings (SSSR count). The van der Waals surface area contributed by atoms with Crippen LogP contribution in [0.15, 0.2) is 53.3 Å². The van der Waals surface area contributed by atoms with Crippen LogP contribution >= 0.6 is 0 Å². The molecular weight excluding hydrogens is 376 g/mol. The third-order valence-corrected chi connectivity index (χ3v) is 5.51. The fraction of sp³-hybridized carbons (Fsp3) is 0.208. The maximum absolute atomic E-state index is 13.4. The second kappa shape index (κ2) is 7.72. The van der Waals surface area contributed by atoms with Gasteiger partial charge in [-0.25, -0.2) is 0 Å². The molecule has 0 unspecified atom stereocenters. The summed E-state index contributed by atoms with van der Waals surface area (Å²) in [4.78, 5) is 28.9. The number of hydrogen-bond acceptors (Lipinski definition) is 5. The standard InChI is InChI=1S/C24H24N4O2/c1-27(2)12-5-13-28-22-16-6-3-4-7-17(16)23(29)21(22)19-14-15(20(26)10-11-25)8-9-18(19)24(28)30/h3-4,6-11,14,25H,5,12-13,26H2,1-2H3/b20-10-,25-11?. The van der Waals surface area contributed by atoms with Crippen molar-refractivity contribution in [3.8, 4) is 11.3 Å². The average Bonchev–Trinajstić information content (AvgIpc) is 3.03. The van der Waals surface area contributed by atoms with Crippen molar-refractivity contribution < 1.29 is 4.79 Å². The van der Waals surface area contributed by atoms with Gasteiger partial charge >= 0.3 is 0 Å². The third kappa shape index (κ3) is 3.15. The number of carbonyl (C=O) groups excluding carboxylic acids is 1. The highest BCUT2D eigenvalue weighted by molar-refractivity contribution is 6.26. The van der Waals surface area contributed by atoms with E-state index in [9.17, 15) is 9.59 Å². The van der Waals surface area contributed by atoms with Crippen LogP contribution in [0, 0.1) is 5.41 Å². The first-order chi connectivity index (χ1) is 14.4. The Bertz CT molecular complexity index is 1270. The van der Waals surface area contributed by atoms with Gasteiger partial charge in [-0.2, -0.15) is 0 Å². The Hall–Kier alpha value is -3.51. The van der Waals surface area contributed by atoms with Gasteiger partial charge in [0, 0.05) is 40.4 Å². The zero-order chi connectivity index (χ0) is 21.4. The van der Waals surface area contributed by atoms with Gasteiger partial charge in [0.05, 0.1) is 11.3 Å². The second-order valence-corrected chi connectivity index (χ2v) is 7.76. The summed E-state index contributed by atoms with van der Waals surface area (Å²) in [6.45, 7) is 1.38. The number of pyridine rings is 1. The van der Waals surface area contributed by atoms with E-state index < -0.39 is 0 Å². The lowest BCUT2D eigenvalue weighted by molar-refractivity contribution is 0.104. The number of allylic oxidation sites excluding steroid dienone is 1. The average molecular weight is 400 g/mol. The van der Waals surface area contributed by atoms with E-state index in [0.29, 0.717) is 45.4 Å². The highest BCUT2D eigenvalue weighted by Crippen LogP contribution is 2.39. The molecule has 0 aliphatic heterocycles. The molecule has 0 spiro atoms. The number of ketones is 1. The Morgan fingerprint density at radius 1 is 1.10 bits per heavy atom. The lowest BCUT2D eigenvalue weighted by Gasteiger charge is -2.17. The van der Waals surface area contributed by atoms with Crippen molar-refractivity contribution >= 4 is 28.5 Å². The monoisotopic (exact) mass is 400 g/mol. The molecule has 0 radical (unpaired) electrons.